The number of thioether (sulfide) groups is 1. The molecule has 0 saturated carbocycles. The highest BCUT2D eigenvalue weighted by molar-refractivity contribution is 8.03. The molecule has 2 aromatic rings. The second kappa shape index (κ2) is 6.42. The molecule has 0 aromatic heterocycles. The highest BCUT2D eigenvalue weighted by Crippen LogP contribution is 2.30. The Morgan fingerprint density at radius 2 is 1.52 bits per heavy atom. The van der Waals surface area contributed by atoms with E-state index in [0.29, 0.717) is 28.3 Å². The third-order valence-electron chi connectivity index (χ3n) is 4.00. The molecule has 1 aliphatic rings. The van der Waals surface area contributed by atoms with Crippen LogP contribution >= 0.6 is 11.8 Å². The summed E-state index contributed by atoms with van der Waals surface area (Å²) in [6.45, 7) is 2.55. The molecule has 116 valence electrons. The smallest absolute Gasteiger partial charge is 0.210 e. The first-order valence-corrected chi connectivity index (χ1v) is 8.61. The predicted molar refractivity (Wildman–Crippen MR) is 93.7 cm³/mol. The second-order valence-corrected chi connectivity index (χ2v) is 6.21. The average molecular weight is 323 g/mol. The summed E-state index contributed by atoms with van der Waals surface area (Å²) in [5.74, 6) is -0.196. The van der Waals surface area contributed by atoms with Gasteiger partial charge in [-0.05, 0) is 24.3 Å². The minimum Gasteiger partial charge on any atom is -0.377 e. The van der Waals surface area contributed by atoms with E-state index in [1.807, 2.05) is 37.4 Å². The zero-order valence-corrected chi connectivity index (χ0v) is 13.9. The summed E-state index contributed by atoms with van der Waals surface area (Å²) in [6.07, 6.45) is 1.82. The number of carbonyl (C=O) groups is 2. The van der Waals surface area contributed by atoms with Gasteiger partial charge in [0.2, 0.25) is 11.6 Å². The van der Waals surface area contributed by atoms with Crippen LogP contribution in [0, 0.1) is 6.92 Å². The molecule has 0 saturated heterocycles. The van der Waals surface area contributed by atoms with Crippen LogP contribution in [0.1, 0.15) is 31.8 Å². The van der Waals surface area contributed by atoms with Crippen molar-refractivity contribution in [2.45, 2.75) is 13.5 Å². The molecule has 0 fully saturated rings. The highest BCUT2D eigenvalue weighted by atomic mass is 32.2. The monoisotopic (exact) mass is 323 g/mol. The zero-order valence-electron chi connectivity index (χ0n) is 13.1. The number of aryl methyl sites for hydroxylation is 1. The third kappa shape index (κ3) is 2.82. The lowest BCUT2D eigenvalue weighted by Gasteiger charge is -2.21. The minimum absolute atomic E-state index is 0.0833. The van der Waals surface area contributed by atoms with Gasteiger partial charge >= 0.3 is 0 Å². The molecule has 0 aliphatic heterocycles. The molecule has 0 atom stereocenters. The Morgan fingerprint density at radius 1 is 0.913 bits per heavy atom. The van der Waals surface area contributed by atoms with Crippen LogP contribution in [0.15, 0.2) is 59.1 Å². The lowest BCUT2D eigenvalue weighted by atomic mass is 9.92. The van der Waals surface area contributed by atoms with Crippen LogP contribution < -0.4 is 5.32 Å². The molecule has 0 unspecified atom stereocenters. The Balaban J connectivity index is 1.95. The van der Waals surface area contributed by atoms with Crippen LogP contribution in [-0.2, 0) is 6.54 Å². The Hall–Kier alpha value is -2.33. The van der Waals surface area contributed by atoms with Gasteiger partial charge in [-0.25, -0.2) is 0 Å². The number of hydrogen-bond acceptors (Lipinski definition) is 4. The van der Waals surface area contributed by atoms with E-state index < -0.39 is 0 Å². The van der Waals surface area contributed by atoms with E-state index in [-0.39, 0.29) is 11.6 Å². The summed E-state index contributed by atoms with van der Waals surface area (Å²) in [6, 6.07) is 15.0. The van der Waals surface area contributed by atoms with Gasteiger partial charge < -0.3 is 5.32 Å². The molecule has 4 heteroatoms. The van der Waals surface area contributed by atoms with E-state index in [0.717, 1.165) is 11.1 Å². The van der Waals surface area contributed by atoms with Crippen molar-refractivity contribution in [3.05, 3.63) is 81.4 Å². The Bertz CT molecular complexity index is 824. The molecule has 3 nitrogen and oxygen atoms in total. The van der Waals surface area contributed by atoms with Crippen LogP contribution in [0.5, 0.6) is 0 Å². The van der Waals surface area contributed by atoms with Gasteiger partial charge in [0.25, 0.3) is 0 Å². The molecule has 3 rings (SSSR count). The van der Waals surface area contributed by atoms with Gasteiger partial charge in [0.1, 0.15) is 5.70 Å². The van der Waals surface area contributed by atoms with Crippen molar-refractivity contribution >= 4 is 23.3 Å². The van der Waals surface area contributed by atoms with Crippen LogP contribution in [0.4, 0.5) is 0 Å². The van der Waals surface area contributed by atoms with Gasteiger partial charge in [-0.15, -0.1) is 11.8 Å². The Kier molecular flexibility index (Phi) is 4.35. The number of nitrogens with one attached hydrogen (secondary N) is 1. The van der Waals surface area contributed by atoms with Crippen molar-refractivity contribution < 1.29 is 9.59 Å². The number of fused-ring (bicyclic) bond motifs is 1. The first kappa shape index (κ1) is 15.6. The van der Waals surface area contributed by atoms with E-state index in [1.165, 1.54) is 11.8 Å². The molecule has 0 spiro atoms. The van der Waals surface area contributed by atoms with Gasteiger partial charge in [-0.1, -0.05) is 48.5 Å². The quantitative estimate of drug-likeness (QED) is 0.931. The molecule has 0 radical (unpaired) electrons. The molecule has 23 heavy (non-hydrogen) atoms. The highest BCUT2D eigenvalue weighted by Gasteiger charge is 2.31. The maximum atomic E-state index is 12.8. The van der Waals surface area contributed by atoms with Crippen molar-refractivity contribution in [2.24, 2.45) is 0 Å². The van der Waals surface area contributed by atoms with Gasteiger partial charge in [0.15, 0.2) is 0 Å². The molecule has 2 aromatic carbocycles. The summed E-state index contributed by atoms with van der Waals surface area (Å²) >= 11 is 1.32. The topological polar surface area (TPSA) is 46.2 Å². The number of hydrogen-bond donors (Lipinski definition) is 1. The fourth-order valence-corrected chi connectivity index (χ4v) is 3.36. The summed E-state index contributed by atoms with van der Waals surface area (Å²) in [7, 11) is 0. The van der Waals surface area contributed by atoms with Crippen molar-refractivity contribution in [2.75, 3.05) is 6.26 Å². The van der Waals surface area contributed by atoms with Crippen LogP contribution in [0.25, 0.3) is 0 Å². The van der Waals surface area contributed by atoms with E-state index in [2.05, 4.69) is 5.32 Å². The van der Waals surface area contributed by atoms with Gasteiger partial charge in [-0.2, -0.15) is 0 Å². The summed E-state index contributed by atoms with van der Waals surface area (Å²) in [5, 5.41) is 3.19. The summed E-state index contributed by atoms with van der Waals surface area (Å²) in [5.41, 5.74) is 3.64. The maximum absolute atomic E-state index is 12.8. The van der Waals surface area contributed by atoms with E-state index in [4.69, 9.17) is 0 Å². The number of ketones is 2. The maximum Gasteiger partial charge on any atom is 0.210 e. The zero-order chi connectivity index (χ0) is 16.4. The largest absolute Gasteiger partial charge is 0.377 e. The van der Waals surface area contributed by atoms with Crippen LogP contribution in [-0.4, -0.2) is 17.8 Å². The lowest BCUT2D eigenvalue weighted by Crippen LogP contribution is -2.29. The Morgan fingerprint density at radius 3 is 2.17 bits per heavy atom. The summed E-state index contributed by atoms with van der Waals surface area (Å²) in [4.78, 5) is 25.9. The molecular weight excluding hydrogens is 306 g/mol. The molecule has 1 aliphatic carbocycles. The van der Waals surface area contributed by atoms with Crippen LogP contribution in [0.3, 0.4) is 0 Å². The minimum atomic E-state index is -0.113. The Labute approximate surface area is 139 Å². The van der Waals surface area contributed by atoms with Gasteiger partial charge in [0.05, 0.1) is 4.91 Å². The average Bonchev–Trinajstić information content (AvgIpc) is 2.58. The predicted octanol–water partition coefficient (Wildman–Crippen LogP) is 3.74. The van der Waals surface area contributed by atoms with Gasteiger partial charge in [0, 0.05) is 17.7 Å². The summed E-state index contributed by atoms with van der Waals surface area (Å²) < 4.78 is 0. The second-order valence-electron chi connectivity index (χ2n) is 5.39. The molecular formula is C19H17NO2S. The molecule has 0 amide bonds. The number of rotatable bonds is 4. The van der Waals surface area contributed by atoms with E-state index >= 15 is 0 Å². The van der Waals surface area contributed by atoms with Crippen molar-refractivity contribution in [1.82, 2.24) is 5.32 Å². The SMILES string of the molecule is CSC1=C(NCc2ccccc2C)C(=O)c2ccccc2C1=O. The van der Waals surface area contributed by atoms with Crippen molar-refractivity contribution in [3.8, 4) is 0 Å². The van der Waals surface area contributed by atoms with Gasteiger partial charge in [-0.3, -0.25) is 9.59 Å². The van der Waals surface area contributed by atoms with E-state index in [9.17, 15) is 9.59 Å². The first-order chi connectivity index (χ1) is 11.1. The number of Topliss-reactive ketones (excluding diaryl/α,β-unsaturated/α-hetero) is 2. The normalized spacial score (nSPS) is 14.0. The lowest BCUT2D eigenvalue weighted by molar-refractivity contribution is 0.0975. The number of carbonyl (C=O) groups excluding carboxylic acids is 2. The number of benzene rings is 2. The van der Waals surface area contributed by atoms with Crippen LogP contribution in [0.2, 0.25) is 0 Å². The third-order valence-corrected chi connectivity index (χ3v) is 4.80. The van der Waals surface area contributed by atoms with Crippen molar-refractivity contribution in [1.29, 1.82) is 0 Å². The molecule has 0 bridgehead atoms. The molecule has 0 heterocycles. The number of allylic oxidation sites excluding steroid dienone is 2. The van der Waals surface area contributed by atoms with E-state index in [1.54, 1.807) is 24.3 Å². The van der Waals surface area contributed by atoms with Crippen molar-refractivity contribution in [3.63, 3.8) is 0 Å². The fourth-order valence-electron chi connectivity index (χ4n) is 2.70. The first-order valence-electron chi connectivity index (χ1n) is 7.38. The molecule has 1 N–H and O–H groups in total. The standard InChI is InChI=1S/C19H17NO2S/c1-12-7-3-4-8-13(12)11-20-16-17(21)14-9-5-6-10-15(14)18(22)19(16)23-2/h3-10,20H,11H2,1-2H3. The fraction of sp³-hybridized carbons (Fsp3) is 0.158.